The number of hydrogen-bond acceptors (Lipinski definition) is 4. The molecule has 1 heterocycles. The third-order valence-electron chi connectivity index (χ3n) is 7.29. The molecule has 0 saturated carbocycles. The number of nitrogens with one attached hydrogen (secondary N) is 3. The van der Waals surface area contributed by atoms with Crippen molar-refractivity contribution in [3.8, 4) is 11.1 Å². The van der Waals surface area contributed by atoms with Crippen molar-refractivity contribution in [1.29, 1.82) is 0 Å². The standard InChI is InChI=1S/C27H27N3O3.C7H17N/c1-2-28-26(32)23-9-5-4-8-22(23)20-13-11-19(12-14-20)17-30-25-10-6-3-7-21(25)15-16-24(27(30)33)29-18-31;1-4-6-8-7(3)5-2/h3-14,18,24H,2,15-17H2,1H3,(H,28,32)(H,29,31);7-8H,4-6H2,1-3H3/t24-;/m1./s1. The highest BCUT2D eigenvalue weighted by molar-refractivity contribution is 6.01. The molecule has 0 fully saturated rings. The lowest BCUT2D eigenvalue weighted by Crippen LogP contribution is -2.45. The number of aryl methyl sites for hydroxylation is 1. The number of fused-ring (bicyclic) bond motifs is 1. The van der Waals surface area contributed by atoms with Crippen molar-refractivity contribution < 1.29 is 14.4 Å². The van der Waals surface area contributed by atoms with Crippen LogP contribution in [0.15, 0.2) is 72.8 Å². The Balaban J connectivity index is 0.000000507. The fraction of sp³-hybridized carbons (Fsp3) is 0.382. The van der Waals surface area contributed by atoms with Gasteiger partial charge in [-0.2, -0.15) is 0 Å². The highest BCUT2D eigenvalue weighted by atomic mass is 16.2. The number of hydrogen-bond donors (Lipinski definition) is 3. The molecule has 1 unspecified atom stereocenters. The number of para-hydroxylation sites is 1. The van der Waals surface area contributed by atoms with Gasteiger partial charge in [-0.05, 0) is 80.5 Å². The summed E-state index contributed by atoms with van der Waals surface area (Å²) >= 11 is 0. The van der Waals surface area contributed by atoms with Crippen LogP contribution in [0, 0.1) is 0 Å². The highest BCUT2D eigenvalue weighted by Gasteiger charge is 2.30. The zero-order valence-electron chi connectivity index (χ0n) is 24.8. The van der Waals surface area contributed by atoms with Crippen LogP contribution in [0.5, 0.6) is 0 Å². The Kier molecular flexibility index (Phi) is 12.6. The molecule has 1 aliphatic rings. The molecule has 3 aromatic carbocycles. The Labute approximate surface area is 244 Å². The summed E-state index contributed by atoms with van der Waals surface area (Å²) in [6.07, 6.45) is 4.36. The van der Waals surface area contributed by atoms with Gasteiger partial charge < -0.3 is 20.9 Å². The van der Waals surface area contributed by atoms with E-state index in [-0.39, 0.29) is 11.8 Å². The van der Waals surface area contributed by atoms with Crippen molar-refractivity contribution in [3.63, 3.8) is 0 Å². The molecular formula is C34H44N4O3. The average Bonchev–Trinajstić information content (AvgIpc) is 3.13. The van der Waals surface area contributed by atoms with Crippen LogP contribution < -0.4 is 20.9 Å². The molecular weight excluding hydrogens is 512 g/mol. The van der Waals surface area contributed by atoms with E-state index < -0.39 is 6.04 Å². The van der Waals surface area contributed by atoms with Gasteiger partial charge in [-0.3, -0.25) is 14.4 Å². The molecule has 0 bridgehead atoms. The molecule has 0 spiro atoms. The second-order valence-corrected chi connectivity index (χ2v) is 10.3. The van der Waals surface area contributed by atoms with Crippen LogP contribution in [0.2, 0.25) is 0 Å². The van der Waals surface area contributed by atoms with E-state index in [2.05, 4.69) is 36.7 Å². The predicted molar refractivity (Wildman–Crippen MR) is 167 cm³/mol. The van der Waals surface area contributed by atoms with Crippen LogP contribution >= 0.6 is 0 Å². The van der Waals surface area contributed by atoms with E-state index in [0.717, 1.165) is 40.9 Å². The van der Waals surface area contributed by atoms with E-state index in [1.54, 1.807) is 4.90 Å². The third-order valence-corrected chi connectivity index (χ3v) is 7.29. The minimum atomic E-state index is -0.543. The van der Waals surface area contributed by atoms with Gasteiger partial charge in [0.05, 0.1) is 6.54 Å². The molecule has 0 radical (unpaired) electrons. The summed E-state index contributed by atoms with van der Waals surface area (Å²) in [6, 6.07) is 23.5. The van der Waals surface area contributed by atoms with Gasteiger partial charge in [0.2, 0.25) is 12.3 Å². The Hall–Kier alpha value is -3.97. The number of carbonyl (C=O) groups excluding carboxylic acids is 3. The molecule has 2 atom stereocenters. The summed E-state index contributed by atoms with van der Waals surface area (Å²) < 4.78 is 0. The zero-order valence-corrected chi connectivity index (χ0v) is 24.8. The Morgan fingerprint density at radius 2 is 1.71 bits per heavy atom. The molecule has 0 aliphatic carbocycles. The second kappa shape index (κ2) is 16.3. The maximum atomic E-state index is 13.2. The van der Waals surface area contributed by atoms with Gasteiger partial charge >= 0.3 is 0 Å². The van der Waals surface area contributed by atoms with Crippen molar-refractivity contribution in [3.05, 3.63) is 89.5 Å². The molecule has 41 heavy (non-hydrogen) atoms. The first-order chi connectivity index (χ1) is 19.9. The first-order valence-corrected chi connectivity index (χ1v) is 14.7. The normalized spacial score (nSPS) is 15.1. The highest BCUT2D eigenvalue weighted by Crippen LogP contribution is 2.29. The SMILES string of the molecule is CCCNC(C)CC.CCNC(=O)c1ccccc1-c1ccc(CN2C(=O)[C@H](NC=O)CCc3ccccc32)cc1. The van der Waals surface area contributed by atoms with Gasteiger partial charge in [0.25, 0.3) is 5.91 Å². The predicted octanol–water partition coefficient (Wildman–Crippen LogP) is 5.48. The molecule has 3 aromatic rings. The van der Waals surface area contributed by atoms with Gasteiger partial charge in [-0.1, -0.05) is 74.5 Å². The summed E-state index contributed by atoms with van der Waals surface area (Å²) in [5.74, 6) is -0.213. The molecule has 218 valence electrons. The third kappa shape index (κ3) is 8.76. The molecule has 1 aliphatic heterocycles. The minimum Gasteiger partial charge on any atom is -0.352 e. The largest absolute Gasteiger partial charge is 0.352 e. The van der Waals surface area contributed by atoms with E-state index in [0.29, 0.717) is 37.5 Å². The second-order valence-electron chi connectivity index (χ2n) is 10.3. The summed E-state index contributed by atoms with van der Waals surface area (Å²) in [7, 11) is 0. The van der Waals surface area contributed by atoms with Crippen LogP contribution in [-0.2, 0) is 22.6 Å². The van der Waals surface area contributed by atoms with E-state index in [1.165, 1.54) is 12.8 Å². The molecule has 0 aromatic heterocycles. The molecule has 3 N–H and O–H groups in total. The van der Waals surface area contributed by atoms with Gasteiger partial charge in [0.15, 0.2) is 0 Å². The molecule has 7 nitrogen and oxygen atoms in total. The first-order valence-electron chi connectivity index (χ1n) is 14.7. The molecule has 7 heteroatoms. The van der Waals surface area contributed by atoms with Crippen molar-refractivity contribution in [2.75, 3.05) is 18.0 Å². The van der Waals surface area contributed by atoms with E-state index in [1.807, 2.05) is 79.7 Å². The number of rotatable bonds is 11. The minimum absolute atomic E-state index is 0.0994. The Bertz CT molecular complexity index is 1270. The maximum absolute atomic E-state index is 13.2. The van der Waals surface area contributed by atoms with E-state index >= 15 is 0 Å². The van der Waals surface area contributed by atoms with Gasteiger partial charge in [-0.15, -0.1) is 0 Å². The lowest BCUT2D eigenvalue weighted by Gasteiger charge is -2.26. The fourth-order valence-corrected chi connectivity index (χ4v) is 4.81. The number of nitrogens with zero attached hydrogens (tertiary/aromatic N) is 1. The molecule has 0 saturated heterocycles. The van der Waals surface area contributed by atoms with Crippen molar-refractivity contribution in [2.24, 2.45) is 0 Å². The lowest BCUT2D eigenvalue weighted by atomic mass is 9.98. The van der Waals surface area contributed by atoms with Gasteiger partial charge in [0.1, 0.15) is 6.04 Å². The van der Waals surface area contributed by atoms with Crippen LogP contribution in [0.25, 0.3) is 11.1 Å². The first kappa shape index (κ1) is 31.6. The fourth-order valence-electron chi connectivity index (χ4n) is 4.81. The average molecular weight is 557 g/mol. The quantitative estimate of drug-likeness (QED) is 0.273. The van der Waals surface area contributed by atoms with Crippen molar-refractivity contribution >= 4 is 23.9 Å². The zero-order chi connectivity index (χ0) is 29.6. The van der Waals surface area contributed by atoms with Crippen LogP contribution in [0.1, 0.15) is 68.4 Å². The van der Waals surface area contributed by atoms with E-state index in [4.69, 9.17) is 0 Å². The summed E-state index contributed by atoms with van der Waals surface area (Å²) in [5, 5.41) is 8.91. The Morgan fingerprint density at radius 1 is 1.00 bits per heavy atom. The number of carbonyl (C=O) groups is 3. The summed E-state index contributed by atoms with van der Waals surface area (Å²) in [5.41, 5.74) is 5.36. The Morgan fingerprint density at radius 3 is 2.39 bits per heavy atom. The lowest BCUT2D eigenvalue weighted by molar-refractivity contribution is -0.123. The number of benzene rings is 3. The summed E-state index contributed by atoms with van der Waals surface area (Å²) in [6.45, 7) is 10.6. The van der Waals surface area contributed by atoms with Crippen molar-refractivity contribution in [2.45, 2.75) is 72.0 Å². The number of amides is 3. The van der Waals surface area contributed by atoms with Gasteiger partial charge in [-0.25, -0.2) is 0 Å². The van der Waals surface area contributed by atoms with Gasteiger partial charge in [0, 0.05) is 23.8 Å². The van der Waals surface area contributed by atoms with E-state index in [9.17, 15) is 14.4 Å². The van der Waals surface area contributed by atoms with Crippen LogP contribution in [0.3, 0.4) is 0 Å². The molecule has 4 rings (SSSR count). The van der Waals surface area contributed by atoms with Crippen LogP contribution in [-0.4, -0.2) is 43.4 Å². The van der Waals surface area contributed by atoms with Crippen molar-refractivity contribution in [1.82, 2.24) is 16.0 Å². The topological polar surface area (TPSA) is 90.5 Å². The maximum Gasteiger partial charge on any atom is 0.251 e. The smallest absolute Gasteiger partial charge is 0.251 e. The summed E-state index contributed by atoms with van der Waals surface area (Å²) in [4.78, 5) is 38.5. The monoisotopic (exact) mass is 556 g/mol. The molecule has 3 amide bonds. The number of anilines is 1. The van der Waals surface area contributed by atoms with Crippen LogP contribution in [0.4, 0.5) is 5.69 Å².